The zero-order valence-corrected chi connectivity index (χ0v) is 13.9. The summed E-state index contributed by atoms with van der Waals surface area (Å²) < 4.78 is 11.5. The molecule has 3 heterocycles. The van der Waals surface area contributed by atoms with Crippen molar-refractivity contribution in [2.24, 2.45) is 0 Å². The van der Waals surface area contributed by atoms with Gasteiger partial charge in [0.05, 0.1) is 12.5 Å². The molecule has 1 atom stereocenters. The summed E-state index contributed by atoms with van der Waals surface area (Å²) in [4.78, 5) is 21.0. The molecule has 5 heteroatoms. The molecular weight excluding hydrogens is 304 g/mol. The number of aryl methyl sites for hydroxylation is 1. The fourth-order valence-corrected chi connectivity index (χ4v) is 2.75. The fraction of sp³-hybridized carbons (Fsp3) is 0.421. The van der Waals surface area contributed by atoms with Crippen molar-refractivity contribution in [3.63, 3.8) is 0 Å². The van der Waals surface area contributed by atoms with Gasteiger partial charge in [-0.25, -0.2) is 4.98 Å². The van der Waals surface area contributed by atoms with Crippen LogP contribution in [0.15, 0.2) is 36.5 Å². The predicted octanol–water partition coefficient (Wildman–Crippen LogP) is 3.16. The first-order valence-corrected chi connectivity index (χ1v) is 8.37. The van der Waals surface area contributed by atoms with Gasteiger partial charge in [-0.05, 0) is 38.3 Å². The average Bonchev–Trinajstić information content (AvgIpc) is 2.61. The molecule has 0 saturated carbocycles. The first-order valence-electron chi connectivity index (χ1n) is 8.37. The Labute approximate surface area is 142 Å². The van der Waals surface area contributed by atoms with Gasteiger partial charge in [0, 0.05) is 36.3 Å². The van der Waals surface area contributed by atoms with Crippen molar-refractivity contribution in [3.8, 4) is 5.75 Å². The maximum absolute atomic E-state index is 12.4. The van der Waals surface area contributed by atoms with Crippen molar-refractivity contribution >= 4 is 5.78 Å². The van der Waals surface area contributed by atoms with E-state index in [9.17, 15) is 4.79 Å². The Morgan fingerprint density at radius 2 is 2.25 bits per heavy atom. The van der Waals surface area contributed by atoms with E-state index in [0.29, 0.717) is 18.1 Å². The highest BCUT2D eigenvalue weighted by atomic mass is 16.5. The number of ether oxygens (including phenoxy) is 2. The summed E-state index contributed by atoms with van der Waals surface area (Å²) in [5.74, 6) is 0.609. The second-order valence-electron chi connectivity index (χ2n) is 6.05. The molecule has 0 bridgehead atoms. The van der Waals surface area contributed by atoms with E-state index in [0.717, 1.165) is 30.8 Å². The molecule has 0 amide bonds. The minimum Gasteiger partial charge on any atom is -0.491 e. The van der Waals surface area contributed by atoms with E-state index in [1.165, 1.54) is 6.42 Å². The maximum Gasteiger partial charge on any atom is 0.187 e. The van der Waals surface area contributed by atoms with Gasteiger partial charge in [-0.15, -0.1) is 0 Å². The van der Waals surface area contributed by atoms with E-state index < -0.39 is 0 Å². The second-order valence-corrected chi connectivity index (χ2v) is 6.05. The van der Waals surface area contributed by atoms with Crippen LogP contribution < -0.4 is 4.74 Å². The molecule has 1 aliphatic heterocycles. The van der Waals surface area contributed by atoms with Crippen LogP contribution in [0.5, 0.6) is 5.75 Å². The number of hydrogen-bond donors (Lipinski definition) is 0. The lowest BCUT2D eigenvalue weighted by Crippen LogP contribution is -2.25. The number of nitrogens with zero attached hydrogens (tertiary/aromatic N) is 2. The molecule has 0 aromatic carbocycles. The SMILES string of the molecule is Cc1cc(OCC2CCCCO2)cc(C(=O)Cc2ccccn2)n1. The highest BCUT2D eigenvalue weighted by Crippen LogP contribution is 2.18. The molecule has 0 spiro atoms. The van der Waals surface area contributed by atoms with Crippen LogP contribution in [0.1, 0.15) is 41.1 Å². The van der Waals surface area contributed by atoms with Crippen molar-refractivity contribution in [3.05, 3.63) is 53.6 Å². The van der Waals surface area contributed by atoms with Gasteiger partial charge in [-0.3, -0.25) is 9.78 Å². The van der Waals surface area contributed by atoms with E-state index in [-0.39, 0.29) is 18.3 Å². The van der Waals surface area contributed by atoms with Crippen LogP contribution in [-0.4, -0.2) is 35.1 Å². The van der Waals surface area contributed by atoms with Gasteiger partial charge in [-0.2, -0.15) is 0 Å². The molecule has 24 heavy (non-hydrogen) atoms. The number of carbonyl (C=O) groups excluding carboxylic acids is 1. The smallest absolute Gasteiger partial charge is 0.187 e. The third kappa shape index (κ3) is 4.61. The first kappa shape index (κ1) is 16.6. The minimum absolute atomic E-state index is 0.0591. The summed E-state index contributed by atoms with van der Waals surface area (Å²) in [6.07, 6.45) is 5.39. The molecule has 126 valence electrons. The van der Waals surface area contributed by atoms with Crippen LogP contribution in [0.3, 0.4) is 0 Å². The summed E-state index contributed by atoms with van der Waals surface area (Å²) in [5.41, 5.74) is 1.92. The molecule has 1 unspecified atom stereocenters. The van der Waals surface area contributed by atoms with E-state index in [1.807, 2.05) is 31.2 Å². The van der Waals surface area contributed by atoms with Gasteiger partial charge < -0.3 is 9.47 Å². The van der Waals surface area contributed by atoms with Crippen LogP contribution in [0.2, 0.25) is 0 Å². The Kier molecular flexibility index (Phi) is 5.54. The van der Waals surface area contributed by atoms with Crippen molar-refractivity contribution in [2.45, 2.75) is 38.7 Å². The highest BCUT2D eigenvalue weighted by Gasteiger charge is 2.16. The number of Topliss-reactive ketones (excluding diaryl/α,β-unsaturated/α-hetero) is 1. The highest BCUT2D eigenvalue weighted by molar-refractivity contribution is 5.95. The number of carbonyl (C=O) groups is 1. The second kappa shape index (κ2) is 8.02. The summed E-state index contributed by atoms with van der Waals surface area (Å²) >= 11 is 0. The van der Waals surface area contributed by atoms with Crippen molar-refractivity contribution < 1.29 is 14.3 Å². The standard InChI is InChI=1S/C19H22N2O3/c1-14-10-17(24-13-16-7-3-5-9-23-16)12-18(21-14)19(22)11-15-6-2-4-8-20-15/h2,4,6,8,10,12,16H,3,5,7,9,11,13H2,1H3. The average molecular weight is 326 g/mol. The van der Waals surface area contributed by atoms with E-state index >= 15 is 0 Å². The summed E-state index contributed by atoms with van der Waals surface area (Å²) in [6, 6.07) is 9.10. The van der Waals surface area contributed by atoms with E-state index in [4.69, 9.17) is 9.47 Å². The zero-order valence-electron chi connectivity index (χ0n) is 13.9. The van der Waals surface area contributed by atoms with Crippen LogP contribution >= 0.6 is 0 Å². The van der Waals surface area contributed by atoms with Gasteiger partial charge in [0.25, 0.3) is 0 Å². The largest absolute Gasteiger partial charge is 0.491 e. The van der Waals surface area contributed by atoms with Gasteiger partial charge >= 0.3 is 0 Å². The number of rotatable bonds is 6. The quantitative estimate of drug-likeness (QED) is 0.763. The Balaban J connectivity index is 1.65. The summed E-state index contributed by atoms with van der Waals surface area (Å²) in [5, 5.41) is 0. The lowest BCUT2D eigenvalue weighted by atomic mass is 10.1. The van der Waals surface area contributed by atoms with Crippen LogP contribution in [-0.2, 0) is 11.2 Å². The minimum atomic E-state index is -0.0591. The molecule has 5 nitrogen and oxygen atoms in total. The van der Waals surface area contributed by atoms with Gasteiger partial charge in [0.2, 0.25) is 0 Å². The third-order valence-corrected chi connectivity index (χ3v) is 3.99. The van der Waals surface area contributed by atoms with Crippen LogP contribution in [0.4, 0.5) is 0 Å². The van der Waals surface area contributed by atoms with Gasteiger partial charge in [-0.1, -0.05) is 6.07 Å². The molecule has 2 aromatic heterocycles. The fourth-order valence-electron chi connectivity index (χ4n) is 2.75. The summed E-state index contributed by atoms with van der Waals surface area (Å²) in [6.45, 7) is 3.18. The molecule has 0 aliphatic carbocycles. The molecule has 0 N–H and O–H groups in total. The van der Waals surface area contributed by atoms with E-state index in [2.05, 4.69) is 9.97 Å². The number of pyridine rings is 2. The monoisotopic (exact) mass is 326 g/mol. The molecular formula is C19H22N2O3. The van der Waals surface area contributed by atoms with E-state index in [1.54, 1.807) is 12.3 Å². The van der Waals surface area contributed by atoms with Crippen LogP contribution in [0.25, 0.3) is 0 Å². The zero-order chi connectivity index (χ0) is 16.8. The molecule has 3 rings (SSSR count). The molecule has 1 saturated heterocycles. The van der Waals surface area contributed by atoms with Crippen molar-refractivity contribution in [1.82, 2.24) is 9.97 Å². The Morgan fingerprint density at radius 1 is 1.33 bits per heavy atom. The number of ketones is 1. The lowest BCUT2D eigenvalue weighted by Gasteiger charge is -2.22. The lowest BCUT2D eigenvalue weighted by molar-refractivity contribution is -0.0111. The number of hydrogen-bond acceptors (Lipinski definition) is 5. The molecule has 0 radical (unpaired) electrons. The maximum atomic E-state index is 12.4. The van der Waals surface area contributed by atoms with Crippen molar-refractivity contribution in [1.29, 1.82) is 0 Å². The Hall–Kier alpha value is -2.27. The first-order chi connectivity index (χ1) is 11.7. The summed E-state index contributed by atoms with van der Waals surface area (Å²) in [7, 11) is 0. The van der Waals surface area contributed by atoms with Gasteiger partial charge in [0.1, 0.15) is 18.1 Å². The van der Waals surface area contributed by atoms with Crippen LogP contribution in [0, 0.1) is 6.92 Å². The van der Waals surface area contributed by atoms with Crippen molar-refractivity contribution in [2.75, 3.05) is 13.2 Å². The number of aromatic nitrogens is 2. The normalized spacial score (nSPS) is 17.5. The topological polar surface area (TPSA) is 61.3 Å². The third-order valence-electron chi connectivity index (χ3n) is 3.99. The van der Waals surface area contributed by atoms with Gasteiger partial charge in [0.15, 0.2) is 5.78 Å². The molecule has 2 aromatic rings. The Morgan fingerprint density at radius 3 is 3.00 bits per heavy atom. The molecule has 1 fully saturated rings. The Bertz CT molecular complexity index is 682. The predicted molar refractivity (Wildman–Crippen MR) is 90.3 cm³/mol. The molecule has 1 aliphatic rings.